The van der Waals surface area contributed by atoms with Crippen molar-refractivity contribution in [2.24, 2.45) is 0 Å². The summed E-state index contributed by atoms with van der Waals surface area (Å²) in [6, 6.07) is 19.3. The van der Waals surface area contributed by atoms with Crippen molar-refractivity contribution < 1.29 is 4.74 Å². The second-order valence-electron chi connectivity index (χ2n) is 4.91. The standard InChI is InChI=1S/C17H18O/c1-18-17(14-8-3-2-4-9-14)16-12-11-13-7-5-6-10-15(13)16/h2-10,16-17H,11-12H2,1H3. The van der Waals surface area contributed by atoms with Gasteiger partial charge in [0.2, 0.25) is 0 Å². The molecule has 1 aliphatic carbocycles. The Morgan fingerprint density at radius 1 is 1.00 bits per heavy atom. The molecule has 3 rings (SSSR count). The summed E-state index contributed by atoms with van der Waals surface area (Å²) in [7, 11) is 1.82. The van der Waals surface area contributed by atoms with Gasteiger partial charge in [0.15, 0.2) is 0 Å². The molecule has 1 aliphatic rings. The summed E-state index contributed by atoms with van der Waals surface area (Å²) in [5, 5.41) is 0. The molecule has 0 aromatic heterocycles. The second-order valence-corrected chi connectivity index (χ2v) is 4.91. The van der Waals surface area contributed by atoms with Gasteiger partial charge >= 0.3 is 0 Å². The summed E-state index contributed by atoms with van der Waals surface area (Å²) in [5.74, 6) is 0.494. The average molecular weight is 238 g/mol. The summed E-state index contributed by atoms with van der Waals surface area (Å²) >= 11 is 0. The molecule has 0 radical (unpaired) electrons. The van der Waals surface area contributed by atoms with Gasteiger partial charge in [-0.25, -0.2) is 0 Å². The van der Waals surface area contributed by atoms with Crippen molar-refractivity contribution in [3.05, 3.63) is 71.3 Å². The Kier molecular flexibility index (Phi) is 3.16. The fourth-order valence-corrected chi connectivity index (χ4v) is 3.08. The Hall–Kier alpha value is -1.60. The first-order chi connectivity index (χ1) is 8.90. The van der Waals surface area contributed by atoms with Gasteiger partial charge in [0.05, 0.1) is 6.10 Å². The first kappa shape index (κ1) is 11.5. The maximum absolute atomic E-state index is 5.78. The molecule has 18 heavy (non-hydrogen) atoms. The van der Waals surface area contributed by atoms with Gasteiger partial charge in [-0.3, -0.25) is 0 Å². The zero-order chi connectivity index (χ0) is 12.4. The third-order valence-electron chi connectivity index (χ3n) is 3.93. The Balaban J connectivity index is 1.95. The normalized spacial score (nSPS) is 19.5. The maximum Gasteiger partial charge on any atom is 0.0889 e. The van der Waals surface area contributed by atoms with Crippen LogP contribution in [0.5, 0.6) is 0 Å². The van der Waals surface area contributed by atoms with Crippen LogP contribution in [0.2, 0.25) is 0 Å². The van der Waals surface area contributed by atoms with E-state index in [0.29, 0.717) is 5.92 Å². The summed E-state index contributed by atoms with van der Waals surface area (Å²) in [4.78, 5) is 0. The van der Waals surface area contributed by atoms with Crippen LogP contribution in [0.15, 0.2) is 54.6 Å². The van der Waals surface area contributed by atoms with Gasteiger partial charge in [-0.05, 0) is 29.5 Å². The first-order valence-electron chi connectivity index (χ1n) is 6.55. The minimum absolute atomic E-state index is 0.176. The smallest absolute Gasteiger partial charge is 0.0889 e. The van der Waals surface area contributed by atoms with Crippen LogP contribution in [-0.2, 0) is 11.2 Å². The van der Waals surface area contributed by atoms with E-state index in [4.69, 9.17) is 4.74 Å². The summed E-state index contributed by atoms with van der Waals surface area (Å²) < 4.78 is 5.78. The van der Waals surface area contributed by atoms with Crippen LogP contribution in [0.4, 0.5) is 0 Å². The predicted octanol–water partition coefficient (Wildman–Crippen LogP) is 4.10. The van der Waals surface area contributed by atoms with Crippen molar-refractivity contribution in [3.63, 3.8) is 0 Å². The van der Waals surface area contributed by atoms with Gasteiger partial charge in [0.1, 0.15) is 0 Å². The molecule has 1 nitrogen and oxygen atoms in total. The van der Waals surface area contributed by atoms with Crippen molar-refractivity contribution in [1.29, 1.82) is 0 Å². The van der Waals surface area contributed by atoms with Gasteiger partial charge in [-0.1, -0.05) is 54.6 Å². The molecule has 2 atom stereocenters. The van der Waals surface area contributed by atoms with Crippen LogP contribution in [0.25, 0.3) is 0 Å². The second kappa shape index (κ2) is 4.95. The van der Waals surface area contributed by atoms with Crippen LogP contribution in [0.3, 0.4) is 0 Å². The van der Waals surface area contributed by atoms with E-state index < -0.39 is 0 Å². The Morgan fingerprint density at radius 3 is 2.50 bits per heavy atom. The molecule has 0 aliphatic heterocycles. The third-order valence-corrected chi connectivity index (χ3v) is 3.93. The highest BCUT2D eigenvalue weighted by Gasteiger charge is 2.30. The molecule has 0 bridgehead atoms. The quantitative estimate of drug-likeness (QED) is 0.782. The van der Waals surface area contributed by atoms with E-state index in [2.05, 4.69) is 54.6 Å². The SMILES string of the molecule is COC(c1ccccc1)C1CCc2ccccc21. The minimum Gasteiger partial charge on any atom is -0.376 e. The highest BCUT2D eigenvalue weighted by Crippen LogP contribution is 2.42. The molecule has 0 N–H and O–H groups in total. The lowest BCUT2D eigenvalue weighted by molar-refractivity contribution is 0.0788. The maximum atomic E-state index is 5.78. The first-order valence-corrected chi connectivity index (χ1v) is 6.55. The molecule has 2 unspecified atom stereocenters. The van der Waals surface area contributed by atoms with Crippen LogP contribution >= 0.6 is 0 Å². The van der Waals surface area contributed by atoms with E-state index in [0.717, 1.165) is 0 Å². The molecular formula is C17H18O. The van der Waals surface area contributed by atoms with E-state index in [-0.39, 0.29) is 6.10 Å². The van der Waals surface area contributed by atoms with Crippen molar-refractivity contribution in [3.8, 4) is 0 Å². The number of ether oxygens (including phenoxy) is 1. The zero-order valence-corrected chi connectivity index (χ0v) is 10.7. The molecule has 0 saturated carbocycles. The number of fused-ring (bicyclic) bond motifs is 1. The van der Waals surface area contributed by atoms with E-state index in [1.807, 2.05) is 7.11 Å². The van der Waals surface area contributed by atoms with Gasteiger partial charge in [0.25, 0.3) is 0 Å². The monoisotopic (exact) mass is 238 g/mol. The lowest BCUT2D eigenvalue weighted by atomic mass is 9.90. The molecule has 0 heterocycles. The molecule has 0 saturated heterocycles. The Bertz CT molecular complexity index is 518. The number of aryl methyl sites for hydroxylation is 1. The molecule has 1 heteroatoms. The molecule has 92 valence electrons. The number of rotatable bonds is 3. The van der Waals surface area contributed by atoms with Crippen molar-refractivity contribution >= 4 is 0 Å². The summed E-state index contributed by atoms with van der Waals surface area (Å²) in [5.41, 5.74) is 4.23. The van der Waals surface area contributed by atoms with E-state index in [9.17, 15) is 0 Å². The Labute approximate surface area is 108 Å². The predicted molar refractivity (Wildman–Crippen MR) is 73.7 cm³/mol. The number of benzene rings is 2. The fourth-order valence-electron chi connectivity index (χ4n) is 3.08. The number of hydrogen-bond donors (Lipinski definition) is 0. The largest absolute Gasteiger partial charge is 0.376 e. The lowest BCUT2D eigenvalue weighted by Crippen LogP contribution is -2.10. The molecular weight excluding hydrogens is 220 g/mol. The van der Waals surface area contributed by atoms with Gasteiger partial charge in [-0.15, -0.1) is 0 Å². The molecule has 2 aromatic carbocycles. The molecule has 0 fully saturated rings. The van der Waals surface area contributed by atoms with Crippen LogP contribution in [0.1, 0.15) is 35.1 Å². The van der Waals surface area contributed by atoms with Gasteiger partial charge in [0, 0.05) is 13.0 Å². The van der Waals surface area contributed by atoms with Gasteiger partial charge in [-0.2, -0.15) is 0 Å². The minimum atomic E-state index is 0.176. The van der Waals surface area contributed by atoms with Crippen LogP contribution < -0.4 is 0 Å². The van der Waals surface area contributed by atoms with Crippen molar-refractivity contribution in [2.45, 2.75) is 24.9 Å². The Morgan fingerprint density at radius 2 is 1.72 bits per heavy atom. The van der Waals surface area contributed by atoms with E-state index in [1.165, 1.54) is 29.5 Å². The number of methoxy groups -OCH3 is 1. The molecule has 2 aromatic rings. The topological polar surface area (TPSA) is 9.23 Å². The number of hydrogen-bond acceptors (Lipinski definition) is 1. The lowest BCUT2D eigenvalue weighted by Gasteiger charge is -2.23. The zero-order valence-electron chi connectivity index (χ0n) is 10.7. The molecule has 0 amide bonds. The van der Waals surface area contributed by atoms with Crippen molar-refractivity contribution in [1.82, 2.24) is 0 Å². The van der Waals surface area contributed by atoms with Gasteiger partial charge < -0.3 is 4.74 Å². The highest BCUT2D eigenvalue weighted by atomic mass is 16.5. The van der Waals surface area contributed by atoms with Crippen molar-refractivity contribution in [2.75, 3.05) is 7.11 Å². The summed E-state index contributed by atoms with van der Waals surface area (Å²) in [6.45, 7) is 0. The third kappa shape index (κ3) is 1.95. The fraction of sp³-hybridized carbons (Fsp3) is 0.294. The van der Waals surface area contributed by atoms with E-state index >= 15 is 0 Å². The highest BCUT2D eigenvalue weighted by molar-refractivity contribution is 5.37. The van der Waals surface area contributed by atoms with Crippen LogP contribution in [0, 0.1) is 0 Å². The molecule has 0 spiro atoms. The summed E-state index contributed by atoms with van der Waals surface area (Å²) in [6.07, 6.45) is 2.54. The van der Waals surface area contributed by atoms with Crippen LogP contribution in [-0.4, -0.2) is 7.11 Å². The van der Waals surface area contributed by atoms with E-state index in [1.54, 1.807) is 0 Å². The average Bonchev–Trinajstić information content (AvgIpc) is 2.85.